The Hall–Kier alpha value is -3.48. The summed E-state index contributed by atoms with van der Waals surface area (Å²) in [4.78, 5) is 67.6. The third-order valence-electron chi connectivity index (χ3n) is 5.51. The molecule has 3 amide bonds. The van der Waals surface area contributed by atoms with Gasteiger partial charge in [0, 0.05) is 18.3 Å². The lowest BCUT2D eigenvalue weighted by Gasteiger charge is -2.26. The molecule has 13 nitrogen and oxygen atoms in total. The molecule has 1 rings (SSSR count). The number of H-pyrrole nitrogens is 1. The average molecular weight is 497 g/mol. The van der Waals surface area contributed by atoms with E-state index in [2.05, 4.69) is 25.9 Å². The molecule has 5 atom stereocenters. The Balaban J connectivity index is 3.09. The van der Waals surface area contributed by atoms with Crippen LogP contribution in [0.3, 0.4) is 0 Å². The fraction of sp³-hybridized carbons (Fsp3) is 0.636. The Morgan fingerprint density at radius 3 is 2.03 bits per heavy atom. The van der Waals surface area contributed by atoms with Crippen LogP contribution in [0.25, 0.3) is 0 Å². The molecule has 1 aromatic heterocycles. The highest BCUT2D eigenvalue weighted by Gasteiger charge is 2.32. The molecule has 13 heteroatoms. The van der Waals surface area contributed by atoms with Crippen molar-refractivity contribution in [3.63, 3.8) is 0 Å². The van der Waals surface area contributed by atoms with Crippen LogP contribution in [0.15, 0.2) is 12.5 Å². The number of aromatic nitrogens is 2. The van der Waals surface area contributed by atoms with Crippen LogP contribution < -0.4 is 21.7 Å². The van der Waals surface area contributed by atoms with Crippen molar-refractivity contribution in [2.45, 2.75) is 77.5 Å². The van der Waals surface area contributed by atoms with Crippen LogP contribution in [-0.2, 0) is 30.4 Å². The van der Waals surface area contributed by atoms with Crippen LogP contribution in [0.1, 0.15) is 52.7 Å². The van der Waals surface area contributed by atoms with E-state index >= 15 is 0 Å². The van der Waals surface area contributed by atoms with Gasteiger partial charge in [0.2, 0.25) is 17.7 Å². The summed E-state index contributed by atoms with van der Waals surface area (Å²) in [5.41, 5.74) is 6.46. The number of rotatable bonds is 15. The average Bonchev–Trinajstić information content (AvgIpc) is 3.28. The first-order valence-corrected chi connectivity index (χ1v) is 11.4. The molecule has 0 radical (unpaired) electrons. The largest absolute Gasteiger partial charge is 0.481 e. The highest BCUT2D eigenvalue weighted by Crippen LogP contribution is 2.10. The van der Waals surface area contributed by atoms with Crippen LogP contribution in [0.5, 0.6) is 0 Å². The van der Waals surface area contributed by atoms with Crippen LogP contribution in [-0.4, -0.2) is 74.0 Å². The summed E-state index contributed by atoms with van der Waals surface area (Å²) in [7, 11) is 0. The van der Waals surface area contributed by atoms with Crippen molar-refractivity contribution in [1.82, 2.24) is 25.9 Å². The Morgan fingerprint density at radius 2 is 1.54 bits per heavy atom. The number of carboxylic acids is 2. The predicted molar refractivity (Wildman–Crippen MR) is 125 cm³/mol. The minimum atomic E-state index is -1.69. The first-order chi connectivity index (χ1) is 16.3. The Kier molecular flexibility index (Phi) is 11.9. The monoisotopic (exact) mass is 496 g/mol. The molecule has 8 N–H and O–H groups in total. The number of hydrogen-bond acceptors (Lipinski definition) is 7. The zero-order chi connectivity index (χ0) is 26.7. The number of imidazole rings is 1. The van der Waals surface area contributed by atoms with E-state index in [-0.39, 0.29) is 24.7 Å². The summed E-state index contributed by atoms with van der Waals surface area (Å²) in [6, 6.07) is -4.78. The first-order valence-electron chi connectivity index (χ1n) is 11.4. The Morgan fingerprint density at radius 1 is 0.971 bits per heavy atom. The Labute approximate surface area is 203 Å². The van der Waals surface area contributed by atoms with Crippen molar-refractivity contribution in [1.29, 1.82) is 0 Å². The lowest BCUT2D eigenvalue weighted by Crippen LogP contribution is -2.58. The normalized spacial score (nSPS) is 15.4. The van der Waals surface area contributed by atoms with Gasteiger partial charge in [0.25, 0.3) is 0 Å². The van der Waals surface area contributed by atoms with Gasteiger partial charge in [0.05, 0.1) is 18.8 Å². The van der Waals surface area contributed by atoms with Crippen molar-refractivity contribution in [3.05, 3.63) is 18.2 Å². The van der Waals surface area contributed by atoms with Crippen molar-refractivity contribution >= 4 is 29.7 Å². The van der Waals surface area contributed by atoms with E-state index in [1.54, 1.807) is 0 Å². The lowest BCUT2D eigenvalue weighted by molar-refractivity contribution is -0.147. The molecular formula is C22H36N6O7. The van der Waals surface area contributed by atoms with Crippen molar-refractivity contribution in [3.8, 4) is 0 Å². The number of aromatic amines is 1. The molecule has 0 fully saturated rings. The van der Waals surface area contributed by atoms with E-state index in [9.17, 15) is 29.1 Å². The minimum Gasteiger partial charge on any atom is -0.481 e. The van der Waals surface area contributed by atoms with Gasteiger partial charge in [-0.15, -0.1) is 0 Å². The molecule has 0 aromatic carbocycles. The number of aliphatic carboxylic acids is 2. The van der Waals surface area contributed by atoms with Crippen LogP contribution in [0.4, 0.5) is 0 Å². The molecule has 5 unspecified atom stereocenters. The highest BCUT2D eigenvalue weighted by molar-refractivity contribution is 5.94. The van der Waals surface area contributed by atoms with Crippen LogP contribution in [0, 0.1) is 11.8 Å². The highest BCUT2D eigenvalue weighted by atomic mass is 16.4. The smallest absolute Gasteiger partial charge is 0.326 e. The Bertz CT molecular complexity index is 874. The van der Waals surface area contributed by atoms with E-state index in [4.69, 9.17) is 10.8 Å². The number of nitrogens with zero attached hydrogens (tertiary/aromatic N) is 1. The fourth-order valence-electron chi connectivity index (χ4n) is 3.23. The maximum absolute atomic E-state index is 13.1. The first kappa shape index (κ1) is 29.6. The molecule has 0 aliphatic rings. The summed E-state index contributed by atoms with van der Waals surface area (Å²) in [5.74, 6) is -5.10. The summed E-state index contributed by atoms with van der Waals surface area (Å²) in [6.07, 6.45) is 2.81. The van der Waals surface area contributed by atoms with E-state index in [1.165, 1.54) is 12.5 Å². The molecule has 0 saturated heterocycles. The van der Waals surface area contributed by atoms with Gasteiger partial charge < -0.3 is 36.9 Å². The van der Waals surface area contributed by atoms with Gasteiger partial charge in [-0.1, -0.05) is 34.1 Å². The van der Waals surface area contributed by atoms with E-state index < -0.39 is 60.2 Å². The summed E-state index contributed by atoms with van der Waals surface area (Å²) in [5, 5.41) is 25.5. The summed E-state index contributed by atoms with van der Waals surface area (Å²) >= 11 is 0. The van der Waals surface area contributed by atoms with Gasteiger partial charge >= 0.3 is 11.9 Å². The topological polar surface area (TPSA) is 217 Å². The second kappa shape index (κ2) is 14.0. The number of hydrogen-bond donors (Lipinski definition) is 7. The number of nitrogens with one attached hydrogen (secondary N) is 4. The third kappa shape index (κ3) is 10.1. The van der Waals surface area contributed by atoms with Gasteiger partial charge in [-0.3, -0.25) is 19.2 Å². The molecule has 0 aliphatic carbocycles. The van der Waals surface area contributed by atoms with Gasteiger partial charge in [0.15, 0.2) is 0 Å². The SMILES string of the molecule is CCC(C)C(N)C(=O)NC(CC(C)C)C(=O)NC(Cc1cnc[nH]1)C(=O)NC(CC(=O)O)C(=O)O. The number of carbonyl (C=O) groups is 5. The molecule has 0 saturated carbocycles. The third-order valence-corrected chi connectivity index (χ3v) is 5.51. The number of carbonyl (C=O) groups excluding carboxylic acids is 3. The molecule has 0 aliphatic heterocycles. The van der Waals surface area contributed by atoms with Crippen molar-refractivity contribution in [2.24, 2.45) is 17.6 Å². The molecule has 196 valence electrons. The zero-order valence-corrected chi connectivity index (χ0v) is 20.4. The van der Waals surface area contributed by atoms with E-state index in [0.717, 1.165) is 0 Å². The van der Waals surface area contributed by atoms with Gasteiger partial charge in [-0.25, -0.2) is 9.78 Å². The summed E-state index contributed by atoms with van der Waals surface area (Å²) in [6.45, 7) is 7.43. The van der Waals surface area contributed by atoms with E-state index in [0.29, 0.717) is 12.1 Å². The quantitative estimate of drug-likeness (QED) is 0.164. The predicted octanol–water partition coefficient (Wildman–Crippen LogP) is -0.615. The number of nitrogens with two attached hydrogens (primary N) is 1. The second-order valence-corrected chi connectivity index (χ2v) is 8.94. The molecule has 1 aromatic rings. The zero-order valence-electron chi connectivity index (χ0n) is 20.4. The minimum absolute atomic E-state index is 0.0118. The molecular weight excluding hydrogens is 460 g/mol. The standard InChI is InChI=1S/C22H36N6O7/c1-5-12(4)18(23)21(33)27-14(6-11(2)3)19(31)26-15(7-13-9-24-10-25-13)20(32)28-16(22(34)35)8-17(29)30/h9-12,14-16,18H,5-8,23H2,1-4H3,(H,24,25)(H,26,31)(H,27,33)(H,28,32)(H,29,30)(H,34,35). The maximum Gasteiger partial charge on any atom is 0.326 e. The molecule has 1 heterocycles. The molecule has 0 spiro atoms. The van der Waals surface area contributed by atoms with Gasteiger partial charge in [-0.05, 0) is 18.3 Å². The maximum atomic E-state index is 13.1. The second-order valence-electron chi connectivity index (χ2n) is 8.94. The van der Waals surface area contributed by atoms with Gasteiger partial charge in [-0.2, -0.15) is 0 Å². The van der Waals surface area contributed by atoms with Crippen LogP contribution >= 0.6 is 0 Å². The van der Waals surface area contributed by atoms with Crippen LogP contribution in [0.2, 0.25) is 0 Å². The van der Waals surface area contributed by atoms with Gasteiger partial charge in [0.1, 0.15) is 18.1 Å². The fourth-order valence-corrected chi connectivity index (χ4v) is 3.23. The molecule has 35 heavy (non-hydrogen) atoms. The molecule has 0 bridgehead atoms. The summed E-state index contributed by atoms with van der Waals surface area (Å²) < 4.78 is 0. The number of carboxylic acid groups (broad SMARTS) is 2. The number of amides is 3. The van der Waals surface area contributed by atoms with Crippen molar-refractivity contribution in [2.75, 3.05) is 0 Å². The lowest BCUT2D eigenvalue weighted by atomic mass is 9.97. The van der Waals surface area contributed by atoms with Crippen molar-refractivity contribution < 1.29 is 34.2 Å². The van der Waals surface area contributed by atoms with E-state index in [1.807, 2.05) is 27.7 Å².